The molecule has 9 rings (SSSR count). The zero-order valence-electron chi connectivity index (χ0n) is 32.3. The maximum Gasteiger partial charge on any atom is 0.141 e. The Balaban J connectivity index is 1.54. The lowest BCUT2D eigenvalue weighted by Crippen LogP contribution is -1.96. The highest BCUT2D eigenvalue weighted by molar-refractivity contribution is 6.39. The number of hydrogen-bond donors (Lipinski definition) is 2. The fourth-order valence-corrected chi connectivity index (χ4v) is 9.52. The van der Waals surface area contributed by atoms with Crippen molar-refractivity contribution in [1.29, 1.82) is 0 Å². The Kier molecular flexibility index (Phi) is 9.56. The Labute approximate surface area is 354 Å². The van der Waals surface area contributed by atoms with Gasteiger partial charge in [-0.1, -0.05) is 81.8 Å². The van der Waals surface area contributed by atoms with E-state index >= 15 is 0 Å². The maximum atomic E-state index is 6.89. The topological polar surface area (TPSA) is 109 Å². The van der Waals surface area contributed by atoms with Crippen molar-refractivity contribution >= 4 is 92.8 Å². The van der Waals surface area contributed by atoms with Crippen molar-refractivity contribution in [2.24, 2.45) is 0 Å². The van der Waals surface area contributed by atoms with Crippen LogP contribution in [0.3, 0.4) is 0 Å². The third-order valence-corrected chi connectivity index (χ3v) is 11.8. The molecule has 0 saturated heterocycles. The molecule has 12 heteroatoms. The normalized spacial score (nSPS) is 12.2. The van der Waals surface area contributed by atoms with Gasteiger partial charge in [-0.05, 0) is 123 Å². The van der Waals surface area contributed by atoms with Crippen LogP contribution in [0.15, 0.2) is 61.2 Å². The molecular weight excluding hydrogens is 806 g/mol. The third kappa shape index (κ3) is 6.41. The van der Waals surface area contributed by atoms with Crippen LogP contribution in [0, 0.1) is 41.5 Å². The van der Waals surface area contributed by atoms with Crippen LogP contribution in [0.5, 0.6) is 0 Å². The van der Waals surface area contributed by atoms with Crippen LogP contribution in [-0.2, 0) is 0 Å². The van der Waals surface area contributed by atoms with Gasteiger partial charge in [0.05, 0.1) is 33.9 Å². The highest BCUT2D eigenvalue weighted by atomic mass is 35.5. The Morgan fingerprint density at radius 1 is 0.362 bits per heavy atom. The molecule has 8 bridgehead atoms. The minimum absolute atomic E-state index is 0.204. The molecular formula is C46H34Cl4N8. The average molecular weight is 841 g/mol. The molecule has 286 valence electrons. The monoisotopic (exact) mass is 838 g/mol. The molecule has 0 aliphatic carbocycles. The predicted octanol–water partition coefficient (Wildman–Crippen LogP) is 13.4. The van der Waals surface area contributed by atoms with Crippen molar-refractivity contribution < 1.29 is 0 Å². The standard InChI is InChI=1S/C46H34Cl4N8/c1-21-15-23(3)35(24(4)16-21)37-27-7-11-31(55-27)39(41-43(47)51-19-52-44(41)48)33-13-9-29(57-33)38(36-25(5)17-22(2)18-26(36)6)30-10-14-34(58-30)40(32-12-8-28(37)56-32)42-45(49)53-20-54-46(42)50/h7-20,55,58H,1-6H3. The minimum Gasteiger partial charge on any atom is -0.354 e. The van der Waals surface area contributed by atoms with E-state index in [1.807, 2.05) is 48.6 Å². The van der Waals surface area contributed by atoms with E-state index in [0.29, 0.717) is 33.6 Å². The molecule has 0 amide bonds. The van der Waals surface area contributed by atoms with Gasteiger partial charge in [0.25, 0.3) is 0 Å². The number of hydrogen-bond acceptors (Lipinski definition) is 6. The molecule has 0 fully saturated rings. The van der Waals surface area contributed by atoms with Crippen LogP contribution in [-0.4, -0.2) is 39.9 Å². The summed E-state index contributed by atoms with van der Waals surface area (Å²) in [5.41, 5.74) is 18.6. The van der Waals surface area contributed by atoms with Crippen molar-refractivity contribution in [3.05, 3.63) is 138 Å². The number of rotatable bonds is 4. The zero-order chi connectivity index (χ0) is 40.6. The van der Waals surface area contributed by atoms with Gasteiger partial charge < -0.3 is 9.97 Å². The van der Waals surface area contributed by atoms with Crippen molar-refractivity contribution in [3.63, 3.8) is 0 Å². The van der Waals surface area contributed by atoms with Crippen LogP contribution in [0.1, 0.15) is 56.2 Å². The predicted molar refractivity (Wildman–Crippen MR) is 240 cm³/mol. The van der Waals surface area contributed by atoms with Crippen LogP contribution in [0.2, 0.25) is 20.6 Å². The van der Waals surface area contributed by atoms with Gasteiger partial charge in [-0.15, -0.1) is 0 Å². The van der Waals surface area contributed by atoms with E-state index in [9.17, 15) is 0 Å². The second kappa shape index (κ2) is 14.6. The molecule has 2 aromatic carbocycles. The second-order valence-electron chi connectivity index (χ2n) is 14.7. The first kappa shape index (κ1) is 37.9. The highest BCUT2D eigenvalue weighted by Gasteiger charge is 2.25. The summed E-state index contributed by atoms with van der Waals surface area (Å²) >= 11 is 27.5. The molecule has 0 spiro atoms. The summed E-state index contributed by atoms with van der Waals surface area (Å²) in [4.78, 5) is 35.6. The van der Waals surface area contributed by atoms with E-state index in [4.69, 9.17) is 56.4 Å². The van der Waals surface area contributed by atoms with E-state index in [1.54, 1.807) is 0 Å². The first-order valence-corrected chi connectivity index (χ1v) is 20.0. The number of aryl methyl sites for hydroxylation is 6. The Morgan fingerprint density at radius 2 is 0.621 bits per heavy atom. The lowest BCUT2D eigenvalue weighted by atomic mass is 9.92. The van der Waals surface area contributed by atoms with Gasteiger partial charge in [-0.25, -0.2) is 29.9 Å². The number of fused-ring (bicyclic) bond motifs is 8. The van der Waals surface area contributed by atoms with Crippen LogP contribution in [0.4, 0.5) is 0 Å². The van der Waals surface area contributed by atoms with Crippen LogP contribution in [0.25, 0.3) is 90.9 Å². The lowest BCUT2D eigenvalue weighted by molar-refractivity contribution is 1.17. The summed E-state index contributed by atoms with van der Waals surface area (Å²) in [5, 5.41) is 0.817. The van der Waals surface area contributed by atoms with Gasteiger partial charge in [0.1, 0.15) is 33.3 Å². The summed E-state index contributed by atoms with van der Waals surface area (Å²) in [6.07, 6.45) is 10.7. The molecule has 5 aromatic heterocycles. The van der Waals surface area contributed by atoms with Crippen molar-refractivity contribution in [1.82, 2.24) is 39.9 Å². The van der Waals surface area contributed by atoms with Gasteiger partial charge in [-0.2, -0.15) is 0 Å². The molecule has 7 heterocycles. The summed E-state index contributed by atoms with van der Waals surface area (Å²) in [5.74, 6) is 0. The number of nitrogens with one attached hydrogen (secondary N) is 2. The fourth-order valence-electron chi connectivity index (χ4n) is 8.51. The lowest BCUT2D eigenvalue weighted by Gasteiger charge is -2.13. The largest absolute Gasteiger partial charge is 0.354 e. The van der Waals surface area contributed by atoms with E-state index in [0.717, 1.165) is 89.1 Å². The van der Waals surface area contributed by atoms with Crippen molar-refractivity contribution in [3.8, 4) is 44.5 Å². The molecule has 7 aromatic rings. The number of halogens is 4. The summed E-state index contributed by atoms with van der Waals surface area (Å²) in [6.45, 7) is 12.7. The molecule has 2 aliphatic heterocycles. The number of aromatic amines is 2. The molecule has 8 nitrogen and oxygen atoms in total. The van der Waals surface area contributed by atoms with Gasteiger partial charge in [-0.3, -0.25) is 0 Å². The third-order valence-electron chi connectivity index (χ3n) is 10.6. The molecule has 0 radical (unpaired) electrons. The zero-order valence-corrected chi connectivity index (χ0v) is 35.3. The first-order valence-electron chi connectivity index (χ1n) is 18.5. The molecule has 0 unspecified atom stereocenters. The maximum absolute atomic E-state index is 6.89. The van der Waals surface area contributed by atoms with Gasteiger partial charge in [0, 0.05) is 44.3 Å². The highest BCUT2D eigenvalue weighted by Crippen LogP contribution is 2.44. The number of nitrogens with zero attached hydrogens (tertiary/aromatic N) is 6. The van der Waals surface area contributed by atoms with E-state index in [2.05, 4.69) is 95.7 Å². The molecule has 2 N–H and O–H groups in total. The Morgan fingerprint density at radius 3 is 0.897 bits per heavy atom. The van der Waals surface area contributed by atoms with Crippen LogP contribution < -0.4 is 0 Å². The number of benzene rings is 2. The van der Waals surface area contributed by atoms with Crippen molar-refractivity contribution in [2.45, 2.75) is 41.5 Å². The number of aromatic nitrogens is 8. The minimum atomic E-state index is 0.204. The first-order chi connectivity index (χ1) is 27.9. The van der Waals surface area contributed by atoms with E-state index < -0.39 is 0 Å². The Bertz CT molecular complexity index is 2840. The van der Waals surface area contributed by atoms with E-state index in [1.165, 1.54) is 12.7 Å². The molecule has 0 saturated carbocycles. The van der Waals surface area contributed by atoms with Gasteiger partial charge in [0.15, 0.2) is 0 Å². The Hall–Kier alpha value is -5.64. The molecule has 0 atom stereocenters. The SMILES string of the molecule is Cc1cc(C)c(-c2c3nc(c(-c4c(Cl)ncnc4Cl)c4ccc([nH]4)c(-c4c(C)cc(C)cc4C)c4nc(c(-c5c(Cl)ncnc5Cl)c5ccc2[nH]5)C=C4)C=C3)c(C)c1. The number of H-pyrrole nitrogens is 2. The van der Waals surface area contributed by atoms with Gasteiger partial charge >= 0.3 is 0 Å². The average Bonchev–Trinajstić information content (AvgIpc) is 4.00. The van der Waals surface area contributed by atoms with Gasteiger partial charge in [0.2, 0.25) is 0 Å². The van der Waals surface area contributed by atoms with Crippen LogP contribution >= 0.6 is 46.4 Å². The second-order valence-corrected chi connectivity index (χ2v) is 16.1. The molecule has 2 aliphatic rings. The molecule has 58 heavy (non-hydrogen) atoms. The quantitative estimate of drug-likeness (QED) is 0.171. The van der Waals surface area contributed by atoms with Crippen molar-refractivity contribution in [2.75, 3.05) is 0 Å². The smallest absolute Gasteiger partial charge is 0.141 e. The summed E-state index contributed by atoms with van der Waals surface area (Å²) in [6, 6.07) is 16.8. The van der Waals surface area contributed by atoms with E-state index in [-0.39, 0.29) is 20.6 Å². The summed E-state index contributed by atoms with van der Waals surface area (Å²) in [7, 11) is 0. The summed E-state index contributed by atoms with van der Waals surface area (Å²) < 4.78 is 0. The fraction of sp³-hybridized carbons (Fsp3) is 0.130.